The van der Waals surface area contributed by atoms with Crippen molar-refractivity contribution in [3.63, 3.8) is 0 Å². The fourth-order valence-corrected chi connectivity index (χ4v) is 6.90. The van der Waals surface area contributed by atoms with Gasteiger partial charge in [0.2, 0.25) is 6.29 Å². The van der Waals surface area contributed by atoms with Crippen LogP contribution in [-0.2, 0) is 37.0 Å². The van der Waals surface area contributed by atoms with E-state index in [-0.39, 0.29) is 33.9 Å². The Morgan fingerprint density at radius 1 is 1.25 bits per heavy atom. The third-order valence-electron chi connectivity index (χ3n) is 9.32. The van der Waals surface area contributed by atoms with Crippen molar-refractivity contribution in [1.29, 1.82) is 0 Å². The van der Waals surface area contributed by atoms with E-state index in [9.17, 15) is 9.59 Å². The van der Waals surface area contributed by atoms with Crippen LogP contribution in [0.25, 0.3) is 0 Å². The molecule has 5 atom stereocenters. The molecule has 0 spiro atoms. The summed E-state index contributed by atoms with van der Waals surface area (Å²) < 4.78 is 19.7. The lowest BCUT2D eigenvalue weighted by Crippen LogP contribution is -2.44. The number of hydrogen-bond donors (Lipinski definition) is 1. The van der Waals surface area contributed by atoms with Crippen molar-refractivity contribution in [1.82, 2.24) is 20.3 Å². The third kappa shape index (κ3) is 5.57. The summed E-state index contributed by atoms with van der Waals surface area (Å²) in [5, 5.41) is 11.5. The quantitative estimate of drug-likeness (QED) is 0.349. The number of aromatic nitrogens is 3. The normalized spacial score (nSPS) is 27.8. The van der Waals surface area contributed by atoms with Gasteiger partial charge in [-0.2, -0.15) is 0 Å². The Labute approximate surface area is 244 Å². The molecule has 2 aromatic rings. The van der Waals surface area contributed by atoms with Gasteiger partial charge in [-0.05, 0) is 69.8 Å². The first-order valence-electron chi connectivity index (χ1n) is 14.1. The average Bonchev–Trinajstić information content (AvgIpc) is 3.58. The summed E-state index contributed by atoms with van der Waals surface area (Å²) in [7, 11) is 0. The SMILES string of the molecule is CC(C)C[C@H](NC1=C(Br)C(=O)O[C@@H]1O[C@@H]1C[C@@H]2CC[C@@]1(C)C2(C)C)C(=O)OCc1cn(Cc2ccccc2)nn1. The van der Waals surface area contributed by atoms with E-state index >= 15 is 0 Å². The molecule has 0 amide bonds. The number of carbonyl (C=O) groups excluding carboxylic acids is 2. The number of rotatable bonds is 11. The van der Waals surface area contributed by atoms with Gasteiger partial charge in [-0.15, -0.1) is 5.10 Å². The van der Waals surface area contributed by atoms with Gasteiger partial charge in [-0.25, -0.2) is 14.3 Å². The van der Waals surface area contributed by atoms with E-state index in [2.05, 4.69) is 52.3 Å². The fraction of sp³-hybridized carbons (Fsp3) is 0.600. The number of cyclic esters (lactones) is 1. The molecular formula is C30H39BrN4O5. The van der Waals surface area contributed by atoms with Crippen LogP contribution in [-0.4, -0.2) is 45.4 Å². The van der Waals surface area contributed by atoms with E-state index in [1.807, 2.05) is 44.2 Å². The van der Waals surface area contributed by atoms with Crippen molar-refractivity contribution in [2.75, 3.05) is 0 Å². The molecule has 2 fully saturated rings. The largest absolute Gasteiger partial charge is 0.458 e. The fourth-order valence-electron chi connectivity index (χ4n) is 6.51. The molecule has 0 unspecified atom stereocenters. The van der Waals surface area contributed by atoms with Crippen molar-refractivity contribution in [3.8, 4) is 0 Å². The Bertz CT molecular complexity index is 1280. The van der Waals surface area contributed by atoms with Crippen molar-refractivity contribution >= 4 is 27.9 Å². The van der Waals surface area contributed by atoms with Crippen LogP contribution in [0, 0.1) is 22.7 Å². The van der Waals surface area contributed by atoms with Crippen LogP contribution in [0.2, 0.25) is 0 Å². The van der Waals surface area contributed by atoms with Crippen molar-refractivity contribution in [2.24, 2.45) is 22.7 Å². The molecule has 1 aliphatic heterocycles. The number of halogens is 1. The molecule has 0 saturated heterocycles. The second-order valence-corrected chi connectivity index (χ2v) is 13.3. The number of benzene rings is 1. The van der Waals surface area contributed by atoms with Crippen LogP contribution in [0.1, 0.15) is 71.6 Å². The number of ether oxygens (including phenoxy) is 3. The lowest BCUT2D eigenvalue weighted by molar-refractivity contribution is -0.184. The zero-order chi connectivity index (χ0) is 28.7. The molecule has 2 heterocycles. The molecule has 2 saturated carbocycles. The molecule has 1 N–H and O–H groups in total. The standard InChI is InChI=1S/C30H39BrN4O5/c1-18(2)13-22(26(36)38-17-21-16-35(34-33-21)15-19-9-7-6-8-10-19)32-25-24(31)27(37)40-28(25)39-23-14-20-11-12-30(23,5)29(20,3)4/h6-10,16,18,20,22-23,28,32H,11-15,17H2,1-5H3/t20-,22-,23+,28-,30+/m0/s1. The Morgan fingerprint density at radius 3 is 2.65 bits per heavy atom. The zero-order valence-electron chi connectivity index (χ0n) is 23.9. The van der Waals surface area contributed by atoms with Gasteiger partial charge in [0.1, 0.15) is 28.5 Å². The second kappa shape index (κ2) is 11.3. The van der Waals surface area contributed by atoms with Crippen LogP contribution in [0.4, 0.5) is 0 Å². The monoisotopic (exact) mass is 614 g/mol. The van der Waals surface area contributed by atoms with Gasteiger partial charge in [-0.1, -0.05) is 70.2 Å². The zero-order valence-corrected chi connectivity index (χ0v) is 25.4. The molecule has 10 heteroatoms. The molecule has 3 aliphatic rings. The molecule has 5 rings (SSSR count). The van der Waals surface area contributed by atoms with Gasteiger partial charge in [0.05, 0.1) is 18.8 Å². The maximum Gasteiger partial charge on any atom is 0.349 e. The predicted octanol–water partition coefficient (Wildman–Crippen LogP) is 5.09. The van der Waals surface area contributed by atoms with Gasteiger partial charge in [0, 0.05) is 0 Å². The number of hydrogen-bond acceptors (Lipinski definition) is 8. The van der Waals surface area contributed by atoms with Gasteiger partial charge in [0.25, 0.3) is 0 Å². The van der Waals surface area contributed by atoms with E-state index < -0.39 is 24.3 Å². The van der Waals surface area contributed by atoms with Gasteiger partial charge >= 0.3 is 11.9 Å². The Morgan fingerprint density at radius 2 is 2.00 bits per heavy atom. The summed E-state index contributed by atoms with van der Waals surface area (Å²) >= 11 is 3.38. The number of esters is 2. The minimum absolute atomic E-state index is 0.00152. The first-order chi connectivity index (χ1) is 19.0. The predicted molar refractivity (Wildman–Crippen MR) is 152 cm³/mol. The Balaban J connectivity index is 1.24. The highest BCUT2D eigenvalue weighted by molar-refractivity contribution is 9.12. The van der Waals surface area contributed by atoms with Gasteiger partial charge in [-0.3, -0.25) is 0 Å². The topological polar surface area (TPSA) is 105 Å². The molecule has 40 heavy (non-hydrogen) atoms. The summed E-state index contributed by atoms with van der Waals surface area (Å²) in [5.41, 5.74) is 2.25. The van der Waals surface area contributed by atoms with E-state index in [0.717, 1.165) is 18.4 Å². The summed E-state index contributed by atoms with van der Waals surface area (Å²) in [6.07, 6.45) is 4.55. The van der Waals surface area contributed by atoms with Crippen molar-refractivity contribution < 1.29 is 23.8 Å². The summed E-state index contributed by atoms with van der Waals surface area (Å²) in [4.78, 5) is 25.8. The number of carbonyl (C=O) groups is 2. The minimum atomic E-state index is -0.904. The molecule has 0 radical (unpaired) electrons. The highest BCUT2D eigenvalue weighted by atomic mass is 79.9. The molecule has 2 bridgehead atoms. The number of nitrogens with zero attached hydrogens (tertiary/aromatic N) is 3. The first kappa shape index (κ1) is 28.8. The smallest absolute Gasteiger partial charge is 0.349 e. The maximum absolute atomic E-state index is 13.3. The molecular weight excluding hydrogens is 576 g/mol. The van der Waals surface area contributed by atoms with Crippen molar-refractivity contribution in [3.05, 3.63) is 58.0 Å². The second-order valence-electron chi connectivity index (χ2n) is 12.5. The summed E-state index contributed by atoms with van der Waals surface area (Å²) in [5.74, 6) is -0.173. The van der Waals surface area contributed by atoms with Gasteiger partial charge < -0.3 is 19.5 Å². The maximum atomic E-state index is 13.3. The van der Waals surface area contributed by atoms with Gasteiger partial charge in [0.15, 0.2) is 0 Å². The highest BCUT2D eigenvalue weighted by Gasteiger charge is 2.62. The van der Waals surface area contributed by atoms with Crippen LogP contribution in [0.15, 0.2) is 46.7 Å². The first-order valence-corrected chi connectivity index (χ1v) is 14.9. The molecule has 2 aliphatic carbocycles. The van der Waals surface area contributed by atoms with Crippen LogP contribution in [0.3, 0.4) is 0 Å². The Hall–Kier alpha value is -2.72. The lowest BCUT2D eigenvalue weighted by Gasteiger charge is -2.39. The Kier molecular flexibility index (Phi) is 8.12. The summed E-state index contributed by atoms with van der Waals surface area (Å²) in [6, 6.07) is 9.25. The van der Waals surface area contributed by atoms with E-state index in [4.69, 9.17) is 14.2 Å². The minimum Gasteiger partial charge on any atom is -0.458 e. The number of nitrogens with one attached hydrogen (secondary N) is 1. The summed E-state index contributed by atoms with van der Waals surface area (Å²) in [6.45, 7) is 11.5. The van der Waals surface area contributed by atoms with E-state index in [0.29, 0.717) is 30.3 Å². The van der Waals surface area contributed by atoms with Crippen LogP contribution >= 0.6 is 15.9 Å². The molecule has 9 nitrogen and oxygen atoms in total. The molecule has 216 valence electrons. The molecule has 1 aromatic carbocycles. The van der Waals surface area contributed by atoms with Crippen LogP contribution in [0.5, 0.6) is 0 Å². The average molecular weight is 616 g/mol. The number of fused-ring (bicyclic) bond motifs is 2. The lowest BCUT2D eigenvalue weighted by atomic mass is 9.70. The highest BCUT2D eigenvalue weighted by Crippen LogP contribution is 2.66. The van der Waals surface area contributed by atoms with Crippen molar-refractivity contribution in [2.45, 2.75) is 91.9 Å². The van der Waals surface area contributed by atoms with E-state index in [1.165, 1.54) is 6.42 Å². The van der Waals surface area contributed by atoms with E-state index in [1.54, 1.807) is 10.9 Å². The molecule has 1 aromatic heterocycles. The third-order valence-corrected chi connectivity index (χ3v) is 10.1. The van der Waals surface area contributed by atoms with Crippen LogP contribution < -0.4 is 5.32 Å².